The maximum atomic E-state index is 13.0. The largest absolute Gasteiger partial charge is 0.339 e. The van der Waals surface area contributed by atoms with Crippen LogP contribution in [0, 0.1) is 6.92 Å². The van der Waals surface area contributed by atoms with E-state index in [1.54, 1.807) is 0 Å². The Labute approximate surface area is 197 Å². The topological polar surface area (TPSA) is 60.7 Å². The minimum absolute atomic E-state index is 0.270. The quantitative estimate of drug-likeness (QED) is 0.665. The fourth-order valence-electron chi connectivity index (χ4n) is 5.29. The predicted molar refractivity (Wildman–Crippen MR) is 128 cm³/mol. The van der Waals surface area contributed by atoms with Crippen molar-refractivity contribution >= 4 is 5.91 Å². The molecule has 0 aromatic carbocycles. The number of piperidine rings is 1. The van der Waals surface area contributed by atoms with Crippen LogP contribution in [0.4, 0.5) is 0 Å². The fourth-order valence-corrected chi connectivity index (χ4v) is 5.29. The minimum atomic E-state index is 0.270. The van der Waals surface area contributed by atoms with E-state index in [0.29, 0.717) is 6.54 Å². The molecular weight excluding hydrogens is 414 g/mol. The average Bonchev–Trinajstić information content (AvgIpc) is 3.27. The first-order valence-corrected chi connectivity index (χ1v) is 12.6. The average molecular weight is 452 g/mol. The number of pyridine rings is 1. The van der Waals surface area contributed by atoms with Crippen LogP contribution in [0.15, 0.2) is 24.5 Å². The van der Waals surface area contributed by atoms with Gasteiger partial charge in [0.05, 0.1) is 17.9 Å². The smallest absolute Gasteiger partial charge is 0.236 e. The van der Waals surface area contributed by atoms with E-state index < -0.39 is 0 Å². The molecule has 3 aliphatic rings. The summed E-state index contributed by atoms with van der Waals surface area (Å²) in [6.07, 6.45) is 8.92. The summed E-state index contributed by atoms with van der Waals surface area (Å²) < 4.78 is 1.95. The summed E-state index contributed by atoms with van der Waals surface area (Å²) in [5, 5.41) is 4.78. The number of likely N-dealkylation sites (tertiary alicyclic amines) is 1. The molecule has 2 aromatic heterocycles. The zero-order chi connectivity index (χ0) is 22.6. The predicted octanol–water partition coefficient (Wildman–Crippen LogP) is 1.56. The van der Waals surface area contributed by atoms with Crippen LogP contribution in [0.2, 0.25) is 0 Å². The zero-order valence-corrected chi connectivity index (χ0v) is 20.0. The molecule has 8 heteroatoms. The highest BCUT2D eigenvalue weighted by Gasteiger charge is 2.26. The highest BCUT2D eigenvalue weighted by Crippen LogP contribution is 2.20. The molecule has 8 nitrogen and oxygen atoms in total. The van der Waals surface area contributed by atoms with Crippen LogP contribution in [0.3, 0.4) is 0 Å². The maximum Gasteiger partial charge on any atom is 0.236 e. The van der Waals surface area contributed by atoms with Crippen molar-refractivity contribution in [1.82, 2.24) is 34.4 Å². The molecule has 0 radical (unpaired) electrons. The van der Waals surface area contributed by atoms with Gasteiger partial charge >= 0.3 is 0 Å². The van der Waals surface area contributed by atoms with Crippen molar-refractivity contribution in [3.63, 3.8) is 0 Å². The SMILES string of the molecule is Cc1cc(-n2cc3c(n2)CCN(CC(=O)N2CCN(CCN4CCCCC4)CC2)C3)ccn1. The highest BCUT2D eigenvalue weighted by atomic mass is 16.2. The first-order valence-electron chi connectivity index (χ1n) is 12.6. The molecule has 0 saturated carbocycles. The molecule has 3 aliphatic heterocycles. The maximum absolute atomic E-state index is 13.0. The third-order valence-corrected chi connectivity index (χ3v) is 7.35. The highest BCUT2D eigenvalue weighted by molar-refractivity contribution is 5.78. The molecule has 33 heavy (non-hydrogen) atoms. The first kappa shape index (κ1) is 22.5. The molecule has 5 heterocycles. The normalized spacial score (nSPS) is 20.7. The van der Waals surface area contributed by atoms with E-state index in [1.165, 1.54) is 44.5 Å². The fraction of sp³-hybridized carbons (Fsp3) is 0.640. The lowest BCUT2D eigenvalue weighted by molar-refractivity contribution is -0.134. The zero-order valence-electron chi connectivity index (χ0n) is 20.0. The number of rotatable bonds is 6. The second-order valence-electron chi connectivity index (χ2n) is 9.79. The molecule has 178 valence electrons. The standard InChI is InChI=1S/C25H37N7O/c1-21-17-23(5-7-26-21)32-19-22-18-30(10-6-24(22)27-32)20-25(33)31-15-13-29(14-16-31)12-11-28-8-3-2-4-9-28/h5,7,17,19H,2-4,6,8-16,18,20H2,1H3. The number of hydrogen-bond acceptors (Lipinski definition) is 6. The number of amides is 1. The van der Waals surface area contributed by atoms with Crippen molar-refractivity contribution < 1.29 is 4.79 Å². The Morgan fingerprint density at radius 3 is 2.45 bits per heavy atom. The second kappa shape index (κ2) is 10.3. The molecule has 1 amide bonds. The van der Waals surface area contributed by atoms with Crippen LogP contribution in [0.1, 0.15) is 36.2 Å². The summed E-state index contributed by atoms with van der Waals surface area (Å²) in [6.45, 7) is 12.7. The van der Waals surface area contributed by atoms with Crippen molar-refractivity contribution in [3.05, 3.63) is 41.5 Å². The second-order valence-corrected chi connectivity index (χ2v) is 9.79. The number of carbonyl (C=O) groups excluding carboxylic acids is 1. The summed E-state index contributed by atoms with van der Waals surface area (Å²) in [4.78, 5) is 26.7. The molecule has 0 bridgehead atoms. The number of carbonyl (C=O) groups is 1. The number of hydrogen-bond donors (Lipinski definition) is 0. The van der Waals surface area contributed by atoms with Gasteiger partial charge in [-0.15, -0.1) is 0 Å². The lowest BCUT2D eigenvalue weighted by Gasteiger charge is -2.37. The van der Waals surface area contributed by atoms with Gasteiger partial charge in [-0.25, -0.2) is 4.68 Å². The van der Waals surface area contributed by atoms with Gasteiger partial charge in [0.2, 0.25) is 5.91 Å². The molecule has 5 rings (SSSR count). The minimum Gasteiger partial charge on any atom is -0.339 e. The molecule has 2 aromatic rings. The van der Waals surface area contributed by atoms with Crippen molar-refractivity contribution in [2.45, 2.75) is 39.2 Å². The van der Waals surface area contributed by atoms with Crippen LogP contribution in [0.25, 0.3) is 5.69 Å². The van der Waals surface area contributed by atoms with Gasteiger partial charge in [0.1, 0.15) is 0 Å². The molecule has 2 fully saturated rings. The first-order chi connectivity index (χ1) is 16.1. The van der Waals surface area contributed by atoms with Crippen LogP contribution in [0.5, 0.6) is 0 Å². The third-order valence-electron chi connectivity index (χ3n) is 7.35. The van der Waals surface area contributed by atoms with Gasteiger partial charge in [-0.2, -0.15) is 5.10 Å². The molecule has 2 saturated heterocycles. The van der Waals surface area contributed by atoms with Crippen LogP contribution >= 0.6 is 0 Å². The van der Waals surface area contributed by atoms with Gasteiger partial charge in [-0.1, -0.05) is 6.42 Å². The molecule has 0 N–H and O–H groups in total. The van der Waals surface area contributed by atoms with E-state index in [0.717, 1.165) is 69.3 Å². The summed E-state index contributed by atoms with van der Waals surface area (Å²) in [5.41, 5.74) is 4.40. The van der Waals surface area contributed by atoms with E-state index in [2.05, 4.69) is 30.8 Å². The number of fused-ring (bicyclic) bond motifs is 1. The van der Waals surface area contributed by atoms with E-state index >= 15 is 0 Å². The number of piperazine rings is 1. The van der Waals surface area contributed by atoms with Crippen LogP contribution < -0.4 is 0 Å². The number of aryl methyl sites for hydroxylation is 1. The Morgan fingerprint density at radius 2 is 1.70 bits per heavy atom. The van der Waals surface area contributed by atoms with Gasteiger partial charge < -0.3 is 9.80 Å². The molecular formula is C25H37N7O. The van der Waals surface area contributed by atoms with Crippen LogP contribution in [-0.2, 0) is 17.8 Å². The van der Waals surface area contributed by atoms with Gasteiger partial charge in [0.15, 0.2) is 0 Å². The Bertz CT molecular complexity index is 944. The van der Waals surface area contributed by atoms with E-state index in [1.807, 2.05) is 29.9 Å². The molecule has 0 unspecified atom stereocenters. The summed E-state index contributed by atoms with van der Waals surface area (Å²) in [5.74, 6) is 0.270. The lowest BCUT2D eigenvalue weighted by Crippen LogP contribution is -2.52. The van der Waals surface area contributed by atoms with Gasteiger partial charge in [-0.3, -0.25) is 19.6 Å². The summed E-state index contributed by atoms with van der Waals surface area (Å²) >= 11 is 0. The van der Waals surface area contributed by atoms with Crippen molar-refractivity contribution in [3.8, 4) is 5.69 Å². The Kier molecular flexibility index (Phi) is 7.04. The number of aromatic nitrogens is 3. The van der Waals surface area contributed by atoms with Gasteiger partial charge in [0, 0.05) is 82.4 Å². The molecule has 0 spiro atoms. The Hall–Kier alpha value is -2.29. The third kappa shape index (κ3) is 5.62. The van der Waals surface area contributed by atoms with Gasteiger partial charge in [0.25, 0.3) is 0 Å². The number of nitrogens with zero attached hydrogens (tertiary/aromatic N) is 7. The van der Waals surface area contributed by atoms with E-state index in [9.17, 15) is 4.79 Å². The van der Waals surface area contributed by atoms with Crippen molar-refractivity contribution in [2.75, 3.05) is 65.4 Å². The Balaban J connectivity index is 1.08. The summed E-state index contributed by atoms with van der Waals surface area (Å²) in [7, 11) is 0. The lowest BCUT2D eigenvalue weighted by atomic mass is 10.1. The van der Waals surface area contributed by atoms with Crippen LogP contribution in [-0.4, -0.2) is 106 Å². The van der Waals surface area contributed by atoms with E-state index in [4.69, 9.17) is 5.10 Å². The van der Waals surface area contributed by atoms with Gasteiger partial charge in [-0.05, 0) is 45.0 Å². The van der Waals surface area contributed by atoms with Crippen molar-refractivity contribution in [1.29, 1.82) is 0 Å². The Morgan fingerprint density at radius 1 is 0.939 bits per heavy atom. The molecule has 0 atom stereocenters. The van der Waals surface area contributed by atoms with Crippen molar-refractivity contribution in [2.24, 2.45) is 0 Å². The van der Waals surface area contributed by atoms with E-state index in [-0.39, 0.29) is 5.91 Å². The monoisotopic (exact) mass is 451 g/mol. The molecule has 0 aliphatic carbocycles. The summed E-state index contributed by atoms with van der Waals surface area (Å²) in [6, 6.07) is 4.03.